The van der Waals surface area contributed by atoms with Gasteiger partial charge >= 0.3 is 0 Å². The van der Waals surface area contributed by atoms with Gasteiger partial charge in [0.2, 0.25) is 0 Å². The van der Waals surface area contributed by atoms with Crippen molar-refractivity contribution < 1.29 is 0 Å². The van der Waals surface area contributed by atoms with Gasteiger partial charge < -0.3 is 17.2 Å². The maximum Gasteiger partial charge on any atom is 0.0474 e. The van der Waals surface area contributed by atoms with Gasteiger partial charge in [-0.1, -0.05) is 17.7 Å². The summed E-state index contributed by atoms with van der Waals surface area (Å²) >= 11 is 5.89. The predicted octanol–water partition coefficient (Wildman–Crippen LogP) is 0.881. The minimum atomic E-state index is -0.210. The van der Waals surface area contributed by atoms with Gasteiger partial charge in [-0.25, -0.2) is 0 Å². The summed E-state index contributed by atoms with van der Waals surface area (Å²) in [5.41, 5.74) is 18.1. The first-order valence-electron chi connectivity index (χ1n) is 3.65. The molecule has 0 unspecified atom stereocenters. The molecule has 0 bridgehead atoms. The van der Waals surface area contributed by atoms with Crippen LogP contribution in [0, 0.1) is 0 Å². The van der Waals surface area contributed by atoms with Crippen LogP contribution in [0.3, 0.4) is 0 Å². The maximum absolute atomic E-state index is 5.89. The highest BCUT2D eigenvalue weighted by atomic mass is 35.5. The summed E-state index contributed by atoms with van der Waals surface area (Å²) in [4.78, 5) is 0. The van der Waals surface area contributed by atoms with Crippen molar-refractivity contribution in [2.24, 2.45) is 11.5 Å². The average Bonchev–Trinajstić information content (AvgIpc) is 2.03. The second-order valence-corrected chi connectivity index (χ2v) is 3.03. The third kappa shape index (κ3) is 1.88. The van der Waals surface area contributed by atoms with Gasteiger partial charge in [-0.05, 0) is 17.7 Å². The van der Waals surface area contributed by atoms with Gasteiger partial charge in [0.25, 0.3) is 0 Å². The molecule has 1 atom stereocenters. The van der Waals surface area contributed by atoms with Crippen molar-refractivity contribution in [3.05, 3.63) is 28.8 Å². The van der Waals surface area contributed by atoms with E-state index in [-0.39, 0.29) is 6.04 Å². The second-order valence-electron chi connectivity index (χ2n) is 2.62. The van der Waals surface area contributed by atoms with E-state index in [9.17, 15) is 0 Å². The highest BCUT2D eigenvalue weighted by Gasteiger charge is 2.07. The van der Waals surface area contributed by atoms with Gasteiger partial charge in [0.15, 0.2) is 0 Å². The lowest BCUT2D eigenvalue weighted by molar-refractivity contribution is 0.737. The van der Waals surface area contributed by atoms with E-state index in [1.807, 2.05) is 0 Å². The standard InChI is InChI=1S/C8H12ClN3/c9-7-3-5(11)1-2-6(7)8(12)4-10/h1-3,8H,4,10-12H2/t8-/m0/s1. The zero-order valence-electron chi connectivity index (χ0n) is 6.63. The van der Waals surface area contributed by atoms with Crippen molar-refractivity contribution in [1.29, 1.82) is 0 Å². The van der Waals surface area contributed by atoms with Crippen LogP contribution in [0.2, 0.25) is 5.02 Å². The molecule has 0 amide bonds. The van der Waals surface area contributed by atoms with E-state index >= 15 is 0 Å². The Kier molecular flexibility index (Phi) is 2.92. The molecule has 1 aromatic carbocycles. The van der Waals surface area contributed by atoms with Crippen molar-refractivity contribution >= 4 is 17.3 Å². The van der Waals surface area contributed by atoms with Gasteiger partial charge in [-0.15, -0.1) is 0 Å². The molecule has 1 aromatic rings. The molecule has 0 aliphatic heterocycles. The monoisotopic (exact) mass is 185 g/mol. The van der Waals surface area contributed by atoms with Crippen LogP contribution in [0.15, 0.2) is 18.2 Å². The van der Waals surface area contributed by atoms with E-state index in [1.165, 1.54) is 0 Å². The quantitative estimate of drug-likeness (QED) is 0.599. The third-order valence-corrected chi connectivity index (χ3v) is 2.01. The number of benzene rings is 1. The van der Waals surface area contributed by atoms with E-state index in [4.69, 9.17) is 28.8 Å². The van der Waals surface area contributed by atoms with Crippen LogP contribution < -0.4 is 17.2 Å². The highest BCUT2D eigenvalue weighted by molar-refractivity contribution is 6.31. The minimum absolute atomic E-state index is 0.210. The smallest absolute Gasteiger partial charge is 0.0474 e. The molecule has 12 heavy (non-hydrogen) atoms. The van der Waals surface area contributed by atoms with Crippen LogP contribution >= 0.6 is 11.6 Å². The molecule has 0 heterocycles. The number of hydrogen-bond donors (Lipinski definition) is 3. The lowest BCUT2D eigenvalue weighted by atomic mass is 10.1. The first-order valence-corrected chi connectivity index (χ1v) is 4.03. The number of nitrogens with two attached hydrogens (primary N) is 3. The van der Waals surface area contributed by atoms with Gasteiger partial charge in [0.1, 0.15) is 0 Å². The van der Waals surface area contributed by atoms with E-state index in [0.29, 0.717) is 17.3 Å². The van der Waals surface area contributed by atoms with E-state index in [1.54, 1.807) is 18.2 Å². The summed E-state index contributed by atoms with van der Waals surface area (Å²) in [6.45, 7) is 0.379. The Labute approximate surface area is 76.5 Å². The van der Waals surface area contributed by atoms with Gasteiger partial charge in [-0.2, -0.15) is 0 Å². The summed E-state index contributed by atoms with van der Waals surface area (Å²) in [5, 5.41) is 0.577. The van der Waals surface area contributed by atoms with Crippen molar-refractivity contribution in [2.45, 2.75) is 6.04 Å². The Morgan fingerprint density at radius 3 is 2.58 bits per heavy atom. The van der Waals surface area contributed by atoms with Crippen LogP contribution in [-0.2, 0) is 0 Å². The molecule has 0 aliphatic carbocycles. The summed E-state index contributed by atoms with van der Waals surface area (Å²) in [6.07, 6.45) is 0. The fourth-order valence-electron chi connectivity index (χ4n) is 0.971. The predicted molar refractivity (Wildman–Crippen MR) is 51.8 cm³/mol. The number of nitrogen functional groups attached to an aromatic ring is 1. The zero-order valence-corrected chi connectivity index (χ0v) is 7.38. The highest BCUT2D eigenvalue weighted by Crippen LogP contribution is 2.23. The van der Waals surface area contributed by atoms with Gasteiger partial charge in [-0.3, -0.25) is 0 Å². The first-order chi connectivity index (χ1) is 5.65. The number of anilines is 1. The lowest BCUT2D eigenvalue weighted by Crippen LogP contribution is -2.21. The summed E-state index contributed by atoms with van der Waals surface area (Å²) in [5.74, 6) is 0. The maximum atomic E-state index is 5.89. The number of rotatable bonds is 2. The molecule has 66 valence electrons. The third-order valence-electron chi connectivity index (χ3n) is 1.68. The largest absolute Gasteiger partial charge is 0.399 e. The van der Waals surface area contributed by atoms with Gasteiger partial charge in [0, 0.05) is 23.3 Å². The van der Waals surface area contributed by atoms with Crippen molar-refractivity contribution in [3.8, 4) is 0 Å². The second kappa shape index (κ2) is 3.76. The Morgan fingerprint density at radius 2 is 2.08 bits per heavy atom. The molecule has 0 radical (unpaired) electrons. The van der Waals surface area contributed by atoms with Gasteiger partial charge in [0.05, 0.1) is 0 Å². The van der Waals surface area contributed by atoms with Crippen molar-refractivity contribution in [1.82, 2.24) is 0 Å². The Hall–Kier alpha value is -0.770. The molecule has 0 saturated heterocycles. The average molecular weight is 186 g/mol. The molecule has 0 spiro atoms. The minimum Gasteiger partial charge on any atom is -0.399 e. The fraction of sp³-hybridized carbons (Fsp3) is 0.250. The number of hydrogen-bond acceptors (Lipinski definition) is 3. The molecule has 0 aliphatic rings. The van der Waals surface area contributed by atoms with Crippen LogP contribution in [0.25, 0.3) is 0 Å². The molecule has 3 nitrogen and oxygen atoms in total. The Balaban J connectivity index is 3.01. The van der Waals surface area contributed by atoms with E-state index in [0.717, 1.165) is 5.56 Å². The molecule has 0 fully saturated rings. The molecule has 1 rings (SSSR count). The fourth-order valence-corrected chi connectivity index (χ4v) is 1.30. The normalized spacial score (nSPS) is 12.9. The van der Waals surface area contributed by atoms with E-state index in [2.05, 4.69) is 0 Å². The summed E-state index contributed by atoms with van der Waals surface area (Å²) < 4.78 is 0. The van der Waals surface area contributed by atoms with Crippen LogP contribution in [0.4, 0.5) is 5.69 Å². The summed E-state index contributed by atoms with van der Waals surface area (Å²) in [6, 6.07) is 5.02. The van der Waals surface area contributed by atoms with Crippen LogP contribution in [-0.4, -0.2) is 6.54 Å². The Bertz CT molecular complexity index is 275. The van der Waals surface area contributed by atoms with Crippen LogP contribution in [0.1, 0.15) is 11.6 Å². The Morgan fingerprint density at radius 1 is 1.42 bits per heavy atom. The molecular weight excluding hydrogens is 174 g/mol. The summed E-state index contributed by atoms with van der Waals surface area (Å²) in [7, 11) is 0. The SMILES string of the molecule is NC[C@H](N)c1ccc(N)cc1Cl. The molecule has 0 aromatic heterocycles. The van der Waals surface area contributed by atoms with Crippen LogP contribution in [0.5, 0.6) is 0 Å². The van der Waals surface area contributed by atoms with Crippen molar-refractivity contribution in [3.63, 3.8) is 0 Å². The van der Waals surface area contributed by atoms with E-state index < -0.39 is 0 Å². The molecule has 0 saturated carbocycles. The molecular formula is C8H12ClN3. The molecule has 6 N–H and O–H groups in total. The first kappa shape index (κ1) is 9.32. The number of halogens is 1. The zero-order chi connectivity index (χ0) is 9.14. The van der Waals surface area contributed by atoms with Crippen molar-refractivity contribution in [2.75, 3.05) is 12.3 Å². The topological polar surface area (TPSA) is 78.1 Å². The lowest BCUT2D eigenvalue weighted by Gasteiger charge is -2.10. The molecule has 4 heteroatoms.